The number of methoxy groups -OCH3 is 2. The fourth-order valence-electron chi connectivity index (χ4n) is 3.35. The third-order valence-electron chi connectivity index (χ3n) is 4.69. The summed E-state index contributed by atoms with van der Waals surface area (Å²) < 4.78 is 12.6. The van der Waals surface area contributed by atoms with Gasteiger partial charge in [0.1, 0.15) is 12.1 Å². The molecule has 1 aliphatic heterocycles. The fourth-order valence-corrected chi connectivity index (χ4v) is 3.48. The van der Waals surface area contributed by atoms with Gasteiger partial charge in [-0.1, -0.05) is 17.7 Å². The Hall–Kier alpha value is -2.99. The van der Waals surface area contributed by atoms with Gasteiger partial charge in [-0.15, -0.1) is 0 Å². The van der Waals surface area contributed by atoms with Crippen molar-refractivity contribution in [3.05, 3.63) is 65.1 Å². The molecule has 1 aliphatic rings. The van der Waals surface area contributed by atoms with Gasteiger partial charge in [0.15, 0.2) is 11.5 Å². The van der Waals surface area contributed by atoms with E-state index in [1.165, 1.54) is 0 Å². The molecule has 1 unspecified atom stereocenters. The first-order chi connectivity index (χ1) is 13.1. The van der Waals surface area contributed by atoms with Crippen LogP contribution >= 0.6 is 11.6 Å². The van der Waals surface area contributed by atoms with Crippen molar-refractivity contribution in [3.8, 4) is 17.2 Å². The van der Waals surface area contributed by atoms with Gasteiger partial charge in [-0.3, -0.25) is 9.36 Å². The van der Waals surface area contributed by atoms with Gasteiger partial charge in [-0.05, 0) is 42.0 Å². The molecule has 0 bridgehead atoms. The number of ether oxygens (including phenoxy) is 2. The first-order valence-corrected chi connectivity index (χ1v) is 8.83. The van der Waals surface area contributed by atoms with E-state index in [1.807, 2.05) is 34.9 Å². The zero-order valence-electron chi connectivity index (χ0n) is 14.9. The van der Waals surface area contributed by atoms with Crippen molar-refractivity contribution in [3.63, 3.8) is 0 Å². The molecule has 4 rings (SSSR count). The Bertz CT molecular complexity index is 998. The number of hydrogen-bond donors (Lipinski definition) is 1. The summed E-state index contributed by atoms with van der Waals surface area (Å²) >= 11 is 5.98. The lowest BCUT2D eigenvalue weighted by Gasteiger charge is -2.24. The van der Waals surface area contributed by atoms with Crippen molar-refractivity contribution >= 4 is 23.3 Å². The fraction of sp³-hybridized carbons (Fsp3) is 0.200. The molecular formula is C20H18ClN3O3. The first-order valence-electron chi connectivity index (χ1n) is 8.45. The van der Waals surface area contributed by atoms with E-state index >= 15 is 0 Å². The van der Waals surface area contributed by atoms with Gasteiger partial charge < -0.3 is 14.8 Å². The third kappa shape index (κ3) is 3.13. The van der Waals surface area contributed by atoms with Crippen molar-refractivity contribution in [1.29, 1.82) is 0 Å². The molecule has 0 aliphatic carbocycles. The van der Waals surface area contributed by atoms with Crippen molar-refractivity contribution in [2.24, 2.45) is 0 Å². The van der Waals surface area contributed by atoms with Crippen LogP contribution in [0.3, 0.4) is 0 Å². The van der Waals surface area contributed by atoms with E-state index in [1.54, 1.807) is 32.7 Å². The van der Waals surface area contributed by atoms with Gasteiger partial charge in [-0.2, -0.15) is 0 Å². The van der Waals surface area contributed by atoms with Gasteiger partial charge in [0.2, 0.25) is 5.91 Å². The van der Waals surface area contributed by atoms with Crippen molar-refractivity contribution in [1.82, 2.24) is 9.55 Å². The number of rotatable bonds is 4. The van der Waals surface area contributed by atoms with E-state index in [4.69, 9.17) is 21.1 Å². The van der Waals surface area contributed by atoms with E-state index in [0.29, 0.717) is 28.8 Å². The minimum absolute atomic E-state index is 0.0574. The normalized spacial score (nSPS) is 15.8. The molecule has 138 valence electrons. The van der Waals surface area contributed by atoms with Gasteiger partial charge in [-0.25, -0.2) is 4.98 Å². The van der Waals surface area contributed by atoms with Crippen molar-refractivity contribution in [2.75, 3.05) is 19.5 Å². The zero-order valence-corrected chi connectivity index (χ0v) is 15.7. The number of hydrogen-bond acceptors (Lipinski definition) is 4. The van der Waals surface area contributed by atoms with Gasteiger partial charge in [0.05, 0.1) is 19.9 Å². The SMILES string of the molecule is COc1ccc(C2CC(=O)Nc3c2ncn3-c2ccc(Cl)cc2)cc1OC. The molecule has 1 aromatic heterocycles. The van der Waals surface area contributed by atoms with Crippen molar-refractivity contribution in [2.45, 2.75) is 12.3 Å². The molecule has 0 radical (unpaired) electrons. The zero-order chi connectivity index (χ0) is 19.0. The lowest BCUT2D eigenvalue weighted by Crippen LogP contribution is -2.24. The number of carbonyl (C=O) groups is 1. The highest BCUT2D eigenvalue weighted by Gasteiger charge is 2.31. The highest BCUT2D eigenvalue weighted by molar-refractivity contribution is 6.30. The summed E-state index contributed by atoms with van der Waals surface area (Å²) in [5.41, 5.74) is 2.64. The van der Waals surface area contributed by atoms with E-state index in [9.17, 15) is 4.79 Å². The smallest absolute Gasteiger partial charge is 0.226 e. The molecule has 27 heavy (non-hydrogen) atoms. The molecule has 0 spiro atoms. The van der Waals surface area contributed by atoms with Crippen LogP contribution in [0, 0.1) is 0 Å². The van der Waals surface area contributed by atoms with Gasteiger partial charge in [0.25, 0.3) is 0 Å². The molecule has 1 atom stereocenters. The van der Waals surface area contributed by atoms with Crippen LogP contribution in [0.2, 0.25) is 5.02 Å². The summed E-state index contributed by atoms with van der Waals surface area (Å²) in [5.74, 6) is 1.72. The maximum atomic E-state index is 12.4. The largest absolute Gasteiger partial charge is 0.493 e. The maximum Gasteiger partial charge on any atom is 0.226 e. The van der Waals surface area contributed by atoms with E-state index in [2.05, 4.69) is 10.3 Å². The standard InChI is InChI=1S/C20H18ClN3O3/c1-26-16-8-3-12(9-17(16)27-2)15-10-18(25)23-20-19(15)22-11-24(20)14-6-4-13(21)5-7-14/h3-9,11,15H,10H2,1-2H3,(H,23,25). The molecular weight excluding hydrogens is 366 g/mol. The summed E-state index contributed by atoms with van der Waals surface area (Å²) in [5, 5.41) is 3.60. The summed E-state index contributed by atoms with van der Waals surface area (Å²) in [7, 11) is 3.19. The molecule has 0 saturated heterocycles. The topological polar surface area (TPSA) is 65.4 Å². The number of aromatic nitrogens is 2. The summed E-state index contributed by atoms with van der Waals surface area (Å²) in [6, 6.07) is 13.1. The van der Waals surface area contributed by atoms with Crippen LogP contribution in [0.1, 0.15) is 23.6 Å². The third-order valence-corrected chi connectivity index (χ3v) is 4.94. The summed E-state index contributed by atoms with van der Waals surface area (Å²) in [6.45, 7) is 0. The number of amides is 1. The van der Waals surface area contributed by atoms with Crippen molar-refractivity contribution < 1.29 is 14.3 Å². The molecule has 6 nitrogen and oxygen atoms in total. The second-order valence-corrected chi connectivity index (χ2v) is 6.68. The number of anilines is 1. The van der Waals surface area contributed by atoms with Gasteiger partial charge in [0, 0.05) is 23.0 Å². The van der Waals surface area contributed by atoms with E-state index in [-0.39, 0.29) is 11.8 Å². The number of carbonyl (C=O) groups excluding carboxylic acids is 1. The average molecular weight is 384 g/mol. The van der Waals surface area contributed by atoms with Crippen LogP contribution in [-0.2, 0) is 4.79 Å². The van der Waals surface area contributed by atoms with Crippen LogP contribution in [0.25, 0.3) is 5.69 Å². The number of nitrogens with one attached hydrogen (secondary N) is 1. The van der Waals surface area contributed by atoms with Crippen LogP contribution in [0.15, 0.2) is 48.8 Å². The van der Waals surface area contributed by atoms with E-state index < -0.39 is 0 Å². The summed E-state index contributed by atoms with van der Waals surface area (Å²) in [4.78, 5) is 17.0. The number of benzene rings is 2. The molecule has 0 fully saturated rings. The van der Waals surface area contributed by atoms with Crippen LogP contribution in [-0.4, -0.2) is 29.7 Å². The van der Waals surface area contributed by atoms with Crippen LogP contribution < -0.4 is 14.8 Å². The number of imidazole rings is 1. The Morgan fingerprint density at radius 2 is 1.85 bits per heavy atom. The van der Waals surface area contributed by atoms with E-state index in [0.717, 1.165) is 16.9 Å². The van der Waals surface area contributed by atoms with Crippen LogP contribution in [0.5, 0.6) is 11.5 Å². The highest BCUT2D eigenvalue weighted by atomic mass is 35.5. The second kappa shape index (κ2) is 6.96. The maximum absolute atomic E-state index is 12.4. The highest BCUT2D eigenvalue weighted by Crippen LogP contribution is 2.40. The number of fused-ring (bicyclic) bond motifs is 1. The van der Waals surface area contributed by atoms with Gasteiger partial charge >= 0.3 is 0 Å². The second-order valence-electron chi connectivity index (χ2n) is 6.24. The Balaban J connectivity index is 1.78. The predicted octanol–water partition coefficient (Wildman–Crippen LogP) is 4.02. The minimum Gasteiger partial charge on any atom is -0.493 e. The molecule has 3 aromatic rings. The molecule has 2 aromatic carbocycles. The lowest BCUT2D eigenvalue weighted by molar-refractivity contribution is -0.116. The lowest BCUT2D eigenvalue weighted by atomic mass is 9.89. The van der Waals surface area contributed by atoms with Crippen LogP contribution in [0.4, 0.5) is 5.82 Å². The Kier molecular flexibility index (Phi) is 4.49. The Morgan fingerprint density at radius 3 is 2.56 bits per heavy atom. The average Bonchev–Trinajstić information content (AvgIpc) is 3.11. The molecule has 1 N–H and O–H groups in total. The Labute approximate surface area is 161 Å². The number of nitrogens with zero attached hydrogens (tertiary/aromatic N) is 2. The quantitative estimate of drug-likeness (QED) is 0.739. The predicted molar refractivity (Wildman–Crippen MR) is 103 cm³/mol. The molecule has 1 amide bonds. The minimum atomic E-state index is -0.165. The Morgan fingerprint density at radius 1 is 1.11 bits per heavy atom. The first kappa shape index (κ1) is 17.4. The number of halogens is 1. The summed E-state index contributed by atoms with van der Waals surface area (Å²) in [6.07, 6.45) is 2.04. The molecule has 7 heteroatoms. The molecule has 2 heterocycles. The molecule has 0 saturated carbocycles. The monoisotopic (exact) mass is 383 g/mol.